The van der Waals surface area contributed by atoms with Crippen molar-refractivity contribution in [1.82, 2.24) is 0 Å². The van der Waals surface area contributed by atoms with E-state index in [4.69, 9.17) is 9.84 Å². The molecular weight excluding hydrogens is 342 g/mol. The Bertz CT molecular complexity index is 818. The minimum Gasteiger partial charge on any atom is -0.486 e. The van der Waals surface area contributed by atoms with E-state index in [0.29, 0.717) is 19.3 Å². The zero-order valence-corrected chi connectivity index (χ0v) is 15.6. The van der Waals surface area contributed by atoms with Gasteiger partial charge in [0.2, 0.25) is 5.91 Å². The standard InChI is InChI=1S/C22H25NO4/c1-14-12-19(27-15(2)16-6-4-3-5-7-16)10-11-20(14)23-21(24)17-8-9-18(13-17)22(25)26/h3-7,10-12,15,17-18H,8-9,13H2,1-2H3,(H,23,24)(H,25,26)/t15?,17-,18+/m1/s1. The second-order valence-corrected chi connectivity index (χ2v) is 7.18. The van der Waals surface area contributed by atoms with Crippen LogP contribution >= 0.6 is 0 Å². The summed E-state index contributed by atoms with van der Waals surface area (Å²) < 4.78 is 6.00. The lowest BCUT2D eigenvalue weighted by atomic mass is 10.0. The Morgan fingerprint density at radius 3 is 2.44 bits per heavy atom. The lowest BCUT2D eigenvalue weighted by molar-refractivity contribution is -0.141. The number of ether oxygens (including phenoxy) is 1. The van der Waals surface area contributed by atoms with Gasteiger partial charge in [-0.25, -0.2) is 0 Å². The highest BCUT2D eigenvalue weighted by Gasteiger charge is 2.33. The van der Waals surface area contributed by atoms with Crippen molar-refractivity contribution < 1.29 is 19.4 Å². The van der Waals surface area contributed by atoms with E-state index in [1.54, 1.807) is 0 Å². The average Bonchev–Trinajstić information content (AvgIpc) is 3.15. The number of carboxylic acid groups (broad SMARTS) is 1. The van der Waals surface area contributed by atoms with Crippen molar-refractivity contribution >= 4 is 17.6 Å². The van der Waals surface area contributed by atoms with Gasteiger partial charge in [0.1, 0.15) is 11.9 Å². The highest BCUT2D eigenvalue weighted by Crippen LogP contribution is 2.33. The number of carbonyl (C=O) groups excluding carboxylic acids is 1. The first-order valence-corrected chi connectivity index (χ1v) is 9.30. The third-order valence-corrected chi connectivity index (χ3v) is 5.19. The monoisotopic (exact) mass is 367 g/mol. The van der Waals surface area contributed by atoms with Crippen molar-refractivity contribution in [1.29, 1.82) is 0 Å². The van der Waals surface area contributed by atoms with E-state index in [-0.39, 0.29) is 17.9 Å². The molecule has 1 fully saturated rings. The number of hydrogen-bond donors (Lipinski definition) is 2. The maximum atomic E-state index is 12.4. The smallest absolute Gasteiger partial charge is 0.306 e. The number of benzene rings is 2. The first kappa shape index (κ1) is 19.0. The predicted octanol–water partition coefficient (Wildman–Crippen LogP) is 4.57. The number of aliphatic carboxylic acids is 1. The topological polar surface area (TPSA) is 75.6 Å². The molecule has 0 radical (unpaired) electrons. The maximum absolute atomic E-state index is 12.4. The fourth-order valence-electron chi connectivity index (χ4n) is 3.52. The zero-order valence-electron chi connectivity index (χ0n) is 15.6. The molecule has 1 amide bonds. The van der Waals surface area contributed by atoms with Crippen LogP contribution in [0.2, 0.25) is 0 Å². The van der Waals surface area contributed by atoms with Gasteiger partial charge in [0, 0.05) is 11.6 Å². The van der Waals surface area contributed by atoms with Crippen LogP contribution in [0.15, 0.2) is 48.5 Å². The van der Waals surface area contributed by atoms with Crippen LogP contribution in [0.1, 0.15) is 43.4 Å². The van der Waals surface area contributed by atoms with Gasteiger partial charge in [-0.05, 0) is 62.4 Å². The first-order valence-electron chi connectivity index (χ1n) is 9.30. The lowest BCUT2D eigenvalue weighted by Gasteiger charge is -2.17. The molecule has 0 saturated heterocycles. The summed E-state index contributed by atoms with van der Waals surface area (Å²) in [6.45, 7) is 3.92. The Morgan fingerprint density at radius 1 is 1.11 bits per heavy atom. The number of nitrogens with one attached hydrogen (secondary N) is 1. The molecule has 2 aromatic rings. The summed E-state index contributed by atoms with van der Waals surface area (Å²) in [5.74, 6) is -0.811. The van der Waals surface area contributed by atoms with Gasteiger partial charge >= 0.3 is 5.97 Å². The molecule has 2 aromatic carbocycles. The van der Waals surface area contributed by atoms with E-state index in [0.717, 1.165) is 22.6 Å². The lowest BCUT2D eigenvalue weighted by Crippen LogP contribution is -2.22. The summed E-state index contributed by atoms with van der Waals surface area (Å²) >= 11 is 0. The number of rotatable bonds is 6. The molecule has 2 N–H and O–H groups in total. The molecule has 1 unspecified atom stereocenters. The van der Waals surface area contributed by atoms with E-state index in [1.807, 2.05) is 62.4 Å². The molecule has 142 valence electrons. The molecule has 5 nitrogen and oxygen atoms in total. The Kier molecular flexibility index (Phi) is 5.79. The highest BCUT2D eigenvalue weighted by atomic mass is 16.5. The SMILES string of the molecule is Cc1cc(OC(C)c2ccccc2)ccc1NC(=O)[C@@H]1CC[C@H](C(=O)O)C1. The van der Waals surface area contributed by atoms with E-state index in [9.17, 15) is 9.59 Å². The van der Waals surface area contributed by atoms with Crippen LogP contribution in [0.5, 0.6) is 5.75 Å². The van der Waals surface area contributed by atoms with Crippen LogP contribution in [0.4, 0.5) is 5.69 Å². The first-order chi connectivity index (χ1) is 12.9. The van der Waals surface area contributed by atoms with Gasteiger partial charge in [0.05, 0.1) is 5.92 Å². The highest BCUT2D eigenvalue weighted by molar-refractivity contribution is 5.94. The van der Waals surface area contributed by atoms with Gasteiger partial charge in [0.25, 0.3) is 0 Å². The van der Waals surface area contributed by atoms with E-state index < -0.39 is 11.9 Å². The molecule has 1 aliphatic rings. The maximum Gasteiger partial charge on any atom is 0.306 e. The summed E-state index contributed by atoms with van der Waals surface area (Å²) in [4.78, 5) is 23.5. The van der Waals surface area contributed by atoms with Gasteiger partial charge in [-0.3, -0.25) is 9.59 Å². The van der Waals surface area contributed by atoms with Crippen molar-refractivity contribution in [2.75, 3.05) is 5.32 Å². The molecule has 27 heavy (non-hydrogen) atoms. The van der Waals surface area contributed by atoms with E-state index in [1.165, 1.54) is 0 Å². The van der Waals surface area contributed by atoms with Crippen LogP contribution in [0.3, 0.4) is 0 Å². The quantitative estimate of drug-likeness (QED) is 0.784. The Morgan fingerprint density at radius 2 is 1.81 bits per heavy atom. The number of anilines is 1. The average molecular weight is 367 g/mol. The van der Waals surface area contributed by atoms with Gasteiger partial charge in [0.15, 0.2) is 0 Å². The van der Waals surface area contributed by atoms with Crippen LogP contribution in [-0.2, 0) is 9.59 Å². The molecular formula is C22H25NO4. The van der Waals surface area contributed by atoms with Crippen molar-refractivity contribution in [2.45, 2.75) is 39.2 Å². The molecule has 0 heterocycles. The van der Waals surface area contributed by atoms with Crippen LogP contribution in [0, 0.1) is 18.8 Å². The van der Waals surface area contributed by atoms with Gasteiger partial charge in [-0.1, -0.05) is 30.3 Å². The Labute approximate surface area is 159 Å². The normalized spacial score (nSPS) is 20.1. The summed E-state index contributed by atoms with van der Waals surface area (Å²) in [5.41, 5.74) is 2.74. The number of hydrogen-bond acceptors (Lipinski definition) is 3. The number of carbonyl (C=O) groups is 2. The second-order valence-electron chi connectivity index (χ2n) is 7.18. The summed E-state index contributed by atoms with van der Waals surface area (Å²) in [5, 5.41) is 12.0. The molecule has 5 heteroatoms. The minimum atomic E-state index is -0.810. The summed E-state index contributed by atoms with van der Waals surface area (Å²) in [6.07, 6.45) is 1.53. The van der Waals surface area contributed by atoms with Gasteiger partial charge in [-0.15, -0.1) is 0 Å². The van der Waals surface area contributed by atoms with E-state index >= 15 is 0 Å². The molecule has 1 saturated carbocycles. The fourth-order valence-corrected chi connectivity index (χ4v) is 3.52. The molecule has 3 atom stereocenters. The Balaban J connectivity index is 1.61. The van der Waals surface area contributed by atoms with Crippen LogP contribution < -0.4 is 10.1 Å². The third kappa shape index (κ3) is 4.67. The fraction of sp³-hybridized carbons (Fsp3) is 0.364. The second kappa shape index (κ2) is 8.25. The van der Waals surface area contributed by atoms with Crippen molar-refractivity contribution in [3.05, 3.63) is 59.7 Å². The van der Waals surface area contributed by atoms with Gasteiger partial charge in [-0.2, -0.15) is 0 Å². The summed E-state index contributed by atoms with van der Waals surface area (Å²) in [7, 11) is 0. The third-order valence-electron chi connectivity index (χ3n) is 5.19. The zero-order chi connectivity index (χ0) is 19.4. The van der Waals surface area contributed by atoms with Crippen molar-refractivity contribution in [2.24, 2.45) is 11.8 Å². The molecule has 0 bridgehead atoms. The van der Waals surface area contributed by atoms with Crippen molar-refractivity contribution in [3.8, 4) is 5.75 Å². The van der Waals surface area contributed by atoms with Crippen LogP contribution in [-0.4, -0.2) is 17.0 Å². The molecule has 0 spiro atoms. The van der Waals surface area contributed by atoms with Crippen LogP contribution in [0.25, 0.3) is 0 Å². The number of amides is 1. The molecule has 0 aromatic heterocycles. The molecule has 1 aliphatic carbocycles. The van der Waals surface area contributed by atoms with Gasteiger partial charge < -0.3 is 15.2 Å². The Hall–Kier alpha value is -2.82. The number of aryl methyl sites for hydroxylation is 1. The van der Waals surface area contributed by atoms with Crippen molar-refractivity contribution in [3.63, 3.8) is 0 Å². The minimum absolute atomic E-state index is 0.0718. The molecule has 0 aliphatic heterocycles. The number of carboxylic acids is 1. The largest absolute Gasteiger partial charge is 0.486 e. The van der Waals surface area contributed by atoms with E-state index in [2.05, 4.69) is 5.32 Å². The molecule has 3 rings (SSSR count). The predicted molar refractivity (Wildman–Crippen MR) is 104 cm³/mol. The summed E-state index contributed by atoms with van der Waals surface area (Å²) in [6, 6.07) is 15.6.